The summed E-state index contributed by atoms with van der Waals surface area (Å²) in [5.74, 6) is 0. The molecule has 0 radical (unpaired) electrons. The summed E-state index contributed by atoms with van der Waals surface area (Å²) in [6.45, 7) is 18.7. The smallest absolute Gasteiger partial charge is 0.187 e. The average molecular weight is 732 g/mol. The first kappa shape index (κ1) is 34.3. The Labute approximate surface area is 333 Å². The van der Waals surface area contributed by atoms with Crippen LogP contribution in [0.1, 0.15) is 27.8 Å². The third-order valence-electron chi connectivity index (χ3n) is 11.8. The van der Waals surface area contributed by atoms with Crippen molar-refractivity contribution in [1.82, 2.24) is 9.13 Å². The van der Waals surface area contributed by atoms with Gasteiger partial charge in [0.05, 0.1) is 40.0 Å². The molecule has 0 saturated carbocycles. The molecule has 0 aliphatic rings. The molecule has 0 aliphatic carbocycles. The molecule has 272 valence electrons. The molecule has 0 fully saturated rings. The van der Waals surface area contributed by atoms with Gasteiger partial charge in [-0.2, -0.15) is 0 Å². The van der Waals surface area contributed by atoms with Crippen molar-refractivity contribution in [2.45, 2.75) is 34.6 Å². The van der Waals surface area contributed by atoms with Gasteiger partial charge in [-0.15, -0.1) is 0 Å². The van der Waals surface area contributed by atoms with Gasteiger partial charge in [-0.1, -0.05) is 126 Å². The number of rotatable bonds is 5. The molecule has 10 rings (SSSR count). The first-order chi connectivity index (χ1) is 27.8. The highest BCUT2D eigenvalue weighted by Gasteiger charge is 2.22. The van der Waals surface area contributed by atoms with Crippen LogP contribution in [-0.2, 0) is 0 Å². The van der Waals surface area contributed by atoms with Crippen molar-refractivity contribution < 1.29 is 0 Å². The number of hydrogen-bond acceptors (Lipinski definition) is 0. The van der Waals surface area contributed by atoms with E-state index in [1.165, 1.54) is 66.1 Å². The van der Waals surface area contributed by atoms with Crippen LogP contribution in [0.2, 0.25) is 0 Å². The summed E-state index contributed by atoms with van der Waals surface area (Å²) < 4.78 is 4.96. The van der Waals surface area contributed by atoms with E-state index in [9.17, 15) is 0 Å². The van der Waals surface area contributed by atoms with Gasteiger partial charge < -0.3 is 9.13 Å². The molecule has 8 aromatic carbocycles. The van der Waals surface area contributed by atoms with E-state index in [2.05, 4.69) is 188 Å². The summed E-state index contributed by atoms with van der Waals surface area (Å²) in [7, 11) is 0. The summed E-state index contributed by atoms with van der Waals surface area (Å²) in [5, 5.41) is 4.86. The van der Waals surface area contributed by atoms with Gasteiger partial charge in [0, 0.05) is 21.5 Å². The van der Waals surface area contributed by atoms with Crippen LogP contribution in [0.25, 0.3) is 93.2 Å². The van der Waals surface area contributed by atoms with Crippen LogP contribution < -0.4 is 0 Å². The van der Waals surface area contributed by atoms with Crippen molar-refractivity contribution in [2.24, 2.45) is 0 Å². The Morgan fingerprint density at radius 2 is 0.842 bits per heavy atom. The molecule has 0 saturated heterocycles. The molecule has 3 nitrogen and oxygen atoms in total. The van der Waals surface area contributed by atoms with Crippen LogP contribution in [0.5, 0.6) is 0 Å². The zero-order valence-corrected chi connectivity index (χ0v) is 32.9. The topological polar surface area (TPSA) is 14.2 Å². The number of hydrogen-bond donors (Lipinski definition) is 0. The molecule has 0 bridgehead atoms. The first-order valence-corrected chi connectivity index (χ1v) is 19.6. The number of aromatic nitrogens is 2. The van der Waals surface area contributed by atoms with Crippen LogP contribution in [0.4, 0.5) is 5.69 Å². The maximum absolute atomic E-state index is 7.81. The van der Waals surface area contributed by atoms with Crippen LogP contribution in [0.15, 0.2) is 158 Å². The molecule has 0 atom stereocenters. The van der Waals surface area contributed by atoms with E-state index < -0.39 is 0 Å². The average Bonchev–Trinajstić information content (AvgIpc) is 3.72. The lowest BCUT2D eigenvalue weighted by molar-refractivity contribution is 1.09. The van der Waals surface area contributed by atoms with Gasteiger partial charge in [0.2, 0.25) is 0 Å². The number of fused-ring (bicyclic) bond motifs is 6. The summed E-state index contributed by atoms with van der Waals surface area (Å²) in [5.41, 5.74) is 20.6. The predicted molar refractivity (Wildman–Crippen MR) is 241 cm³/mol. The fourth-order valence-electron chi connectivity index (χ4n) is 9.16. The highest BCUT2D eigenvalue weighted by Crippen LogP contribution is 2.43. The van der Waals surface area contributed by atoms with Gasteiger partial charge in [-0.25, -0.2) is 4.85 Å². The Hall–Kier alpha value is -7.15. The van der Waals surface area contributed by atoms with Crippen molar-refractivity contribution in [2.75, 3.05) is 0 Å². The molecule has 2 aromatic heterocycles. The van der Waals surface area contributed by atoms with Crippen molar-refractivity contribution in [3.8, 4) is 44.8 Å². The highest BCUT2D eigenvalue weighted by atomic mass is 15.1. The van der Waals surface area contributed by atoms with E-state index >= 15 is 0 Å². The molecule has 0 unspecified atom stereocenters. The molecule has 2 heterocycles. The third kappa shape index (κ3) is 5.56. The largest absolute Gasteiger partial charge is 0.307 e. The molecular weight excluding hydrogens is 691 g/mol. The van der Waals surface area contributed by atoms with Crippen LogP contribution >= 0.6 is 0 Å². The molecule has 0 amide bonds. The van der Waals surface area contributed by atoms with E-state index in [1.54, 1.807) is 0 Å². The zero-order chi connectivity index (χ0) is 38.9. The van der Waals surface area contributed by atoms with Crippen LogP contribution in [-0.4, -0.2) is 9.13 Å². The Balaban J connectivity index is 1.34. The van der Waals surface area contributed by atoms with E-state index in [0.29, 0.717) is 5.69 Å². The summed E-state index contributed by atoms with van der Waals surface area (Å²) >= 11 is 0. The fraction of sp³-hybridized carbons (Fsp3) is 0.0926. The molecule has 0 aliphatic heterocycles. The minimum absolute atomic E-state index is 0.633. The highest BCUT2D eigenvalue weighted by molar-refractivity contribution is 6.13. The quantitative estimate of drug-likeness (QED) is 0.157. The normalized spacial score (nSPS) is 11.6. The number of aryl methyl sites for hydroxylation is 5. The number of nitrogens with zero attached hydrogens (tertiary/aromatic N) is 3. The molecule has 0 spiro atoms. The first-order valence-electron chi connectivity index (χ1n) is 19.6. The van der Waals surface area contributed by atoms with Crippen molar-refractivity contribution >= 4 is 49.3 Å². The second-order valence-electron chi connectivity index (χ2n) is 15.6. The van der Waals surface area contributed by atoms with Crippen LogP contribution in [0, 0.1) is 41.2 Å². The Kier molecular flexibility index (Phi) is 7.99. The standard InChI is InChI=1S/C54H41N3/c1-33-18-22-42(35(3)26-33)39-20-24-46-44-14-7-9-16-49(44)56(51(46)30-39)53-28-37(5)48(38-12-11-13-41(29-38)55-6)32-54(53)57-50-17-10-8-15-45(50)47-25-21-40(31-52(47)57)43-23-19-34(2)27-36(43)4/h7-32H,1-5H3. The van der Waals surface area contributed by atoms with E-state index in [-0.39, 0.29) is 0 Å². The summed E-state index contributed by atoms with van der Waals surface area (Å²) in [6.07, 6.45) is 0. The van der Waals surface area contributed by atoms with Crippen molar-refractivity contribution in [3.63, 3.8) is 0 Å². The minimum Gasteiger partial charge on any atom is -0.307 e. The van der Waals surface area contributed by atoms with Gasteiger partial charge in [0.25, 0.3) is 0 Å². The van der Waals surface area contributed by atoms with E-state index in [1.807, 2.05) is 18.2 Å². The fourth-order valence-corrected chi connectivity index (χ4v) is 9.16. The lowest BCUT2D eigenvalue weighted by atomic mass is 9.97. The number of para-hydroxylation sites is 2. The van der Waals surface area contributed by atoms with Gasteiger partial charge in [0.1, 0.15) is 0 Å². The second kappa shape index (κ2) is 13.3. The van der Waals surface area contributed by atoms with Crippen LogP contribution in [0.3, 0.4) is 0 Å². The van der Waals surface area contributed by atoms with Gasteiger partial charge in [0.15, 0.2) is 5.69 Å². The van der Waals surface area contributed by atoms with Crippen molar-refractivity contribution in [1.29, 1.82) is 0 Å². The maximum Gasteiger partial charge on any atom is 0.187 e. The molecule has 3 heteroatoms. The second-order valence-corrected chi connectivity index (χ2v) is 15.6. The summed E-state index contributed by atoms with van der Waals surface area (Å²) in [4.78, 5) is 3.80. The maximum atomic E-state index is 7.81. The third-order valence-corrected chi connectivity index (χ3v) is 11.8. The van der Waals surface area contributed by atoms with Gasteiger partial charge in [-0.05, 0) is 127 Å². The lowest BCUT2D eigenvalue weighted by Gasteiger charge is -2.21. The molecular formula is C54H41N3. The Morgan fingerprint density at radius 3 is 1.37 bits per heavy atom. The Morgan fingerprint density at radius 1 is 0.368 bits per heavy atom. The van der Waals surface area contributed by atoms with Gasteiger partial charge >= 0.3 is 0 Å². The Bertz CT molecular complexity index is 3310. The molecule has 10 aromatic rings. The minimum atomic E-state index is 0.633. The summed E-state index contributed by atoms with van der Waals surface area (Å²) in [6, 6.07) is 57.7. The SMILES string of the molecule is [C-]#[N+]c1cccc(-c2cc(-n3c4ccccc4c4ccc(-c5ccc(C)cc5C)cc43)c(-n3c4ccccc4c4ccc(-c5ccc(C)cc5C)cc43)cc2C)c1. The monoisotopic (exact) mass is 731 g/mol. The van der Waals surface area contributed by atoms with E-state index in [4.69, 9.17) is 6.57 Å². The van der Waals surface area contributed by atoms with Gasteiger partial charge in [-0.3, -0.25) is 0 Å². The molecule has 0 N–H and O–H groups in total. The van der Waals surface area contributed by atoms with Crippen molar-refractivity contribution in [3.05, 3.63) is 197 Å². The zero-order valence-electron chi connectivity index (χ0n) is 32.9. The van der Waals surface area contributed by atoms with E-state index in [0.717, 1.165) is 50.1 Å². The predicted octanol–water partition coefficient (Wildman–Crippen LogP) is 15.0. The molecule has 57 heavy (non-hydrogen) atoms. The number of benzene rings is 8. The lowest BCUT2D eigenvalue weighted by Crippen LogP contribution is -2.05.